The number of esters is 1. The van der Waals surface area contributed by atoms with E-state index in [4.69, 9.17) is 9.47 Å². The van der Waals surface area contributed by atoms with Crippen molar-refractivity contribution in [3.05, 3.63) is 35.9 Å². The van der Waals surface area contributed by atoms with Crippen LogP contribution in [0.3, 0.4) is 0 Å². The van der Waals surface area contributed by atoms with Crippen LogP contribution >= 0.6 is 0 Å². The van der Waals surface area contributed by atoms with Crippen LogP contribution in [0.1, 0.15) is 12.5 Å². The molecule has 14 heavy (non-hydrogen) atoms. The van der Waals surface area contributed by atoms with Gasteiger partial charge in [0.2, 0.25) is 0 Å². The zero-order chi connectivity index (χ0) is 9.97. The summed E-state index contributed by atoms with van der Waals surface area (Å²) in [6, 6.07) is 9.60. The maximum absolute atomic E-state index is 11.2. The second kappa shape index (κ2) is 3.80. The highest BCUT2D eigenvalue weighted by molar-refractivity contribution is 5.77. The van der Waals surface area contributed by atoms with Crippen LogP contribution in [-0.2, 0) is 20.9 Å². The topological polar surface area (TPSA) is 38.8 Å². The van der Waals surface area contributed by atoms with Gasteiger partial charge in [0.15, 0.2) is 6.10 Å². The quantitative estimate of drug-likeness (QED) is 0.538. The van der Waals surface area contributed by atoms with E-state index < -0.39 is 0 Å². The third-order valence-electron chi connectivity index (χ3n) is 2.17. The zero-order valence-electron chi connectivity index (χ0n) is 7.97. The lowest BCUT2D eigenvalue weighted by Gasteiger charge is -2.02. The van der Waals surface area contributed by atoms with Crippen LogP contribution in [0.2, 0.25) is 0 Å². The first-order valence-corrected chi connectivity index (χ1v) is 4.63. The van der Waals surface area contributed by atoms with Crippen molar-refractivity contribution in [2.75, 3.05) is 0 Å². The molecular formula is C11H12O3. The fourth-order valence-corrected chi connectivity index (χ4v) is 1.24. The summed E-state index contributed by atoms with van der Waals surface area (Å²) in [4.78, 5) is 11.2. The Bertz CT molecular complexity index is 321. The Morgan fingerprint density at radius 1 is 1.43 bits per heavy atom. The molecule has 1 aromatic rings. The molecule has 3 heteroatoms. The minimum atomic E-state index is -0.335. The number of epoxide rings is 1. The van der Waals surface area contributed by atoms with Gasteiger partial charge in [0.05, 0.1) is 6.10 Å². The Kier molecular flexibility index (Phi) is 2.50. The van der Waals surface area contributed by atoms with Crippen LogP contribution in [-0.4, -0.2) is 18.2 Å². The molecule has 0 saturated carbocycles. The van der Waals surface area contributed by atoms with Crippen molar-refractivity contribution >= 4 is 5.97 Å². The number of rotatable bonds is 3. The number of ether oxygens (including phenoxy) is 2. The summed E-state index contributed by atoms with van der Waals surface area (Å²) in [5, 5.41) is 0. The summed E-state index contributed by atoms with van der Waals surface area (Å²) in [7, 11) is 0. The van der Waals surface area contributed by atoms with Crippen molar-refractivity contribution in [2.45, 2.75) is 25.7 Å². The van der Waals surface area contributed by atoms with Crippen molar-refractivity contribution < 1.29 is 14.3 Å². The third-order valence-corrected chi connectivity index (χ3v) is 2.17. The smallest absolute Gasteiger partial charge is 0.338 e. The van der Waals surface area contributed by atoms with Gasteiger partial charge in [-0.3, -0.25) is 0 Å². The van der Waals surface area contributed by atoms with E-state index >= 15 is 0 Å². The summed E-state index contributed by atoms with van der Waals surface area (Å²) in [5.41, 5.74) is 0.995. The molecule has 0 amide bonds. The van der Waals surface area contributed by atoms with Crippen molar-refractivity contribution in [3.63, 3.8) is 0 Å². The van der Waals surface area contributed by atoms with Gasteiger partial charge in [-0.25, -0.2) is 4.79 Å². The number of hydrogen-bond donors (Lipinski definition) is 0. The van der Waals surface area contributed by atoms with Gasteiger partial charge in [0, 0.05) is 0 Å². The van der Waals surface area contributed by atoms with Crippen LogP contribution in [0.25, 0.3) is 0 Å². The van der Waals surface area contributed by atoms with Crippen molar-refractivity contribution in [2.24, 2.45) is 0 Å². The monoisotopic (exact) mass is 192 g/mol. The van der Waals surface area contributed by atoms with Gasteiger partial charge < -0.3 is 9.47 Å². The van der Waals surface area contributed by atoms with Crippen LogP contribution < -0.4 is 0 Å². The van der Waals surface area contributed by atoms with Gasteiger partial charge >= 0.3 is 5.97 Å². The molecule has 0 spiro atoms. The fourth-order valence-electron chi connectivity index (χ4n) is 1.24. The molecule has 0 aliphatic carbocycles. The molecule has 0 radical (unpaired) electrons. The van der Waals surface area contributed by atoms with E-state index in [-0.39, 0.29) is 18.2 Å². The largest absolute Gasteiger partial charge is 0.459 e. The molecule has 0 N–H and O–H groups in total. The minimum Gasteiger partial charge on any atom is -0.459 e. The summed E-state index contributed by atoms with van der Waals surface area (Å²) in [6.07, 6.45) is -0.308. The maximum atomic E-state index is 11.2. The van der Waals surface area contributed by atoms with Crippen LogP contribution in [0.5, 0.6) is 0 Å². The average molecular weight is 192 g/mol. The predicted molar refractivity (Wildman–Crippen MR) is 50.6 cm³/mol. The Labute approximate surface area is 82.6 Å². The van der Waals surface area contributed by atoms with Crippen LogP contribution in [0.15, 0.2) is 30.3 Å². The van der Waals surface area contributed by atoms with Gasteiger partial charge in [-0.1, -0.05) is 30.3 Å². The Morgan fingerprint density at radius 2 is 2.07 bits per heavy atom. The summed E-state index contributed by atoms with van der Waals surface area (Å²) >= 11 is 0. The van der Waals surface area contributed by atoms with Gasteiger partial charge in [0.1, 0.15) is 6.61 Å². The molecule has 2 atom stereocenters. The summed E-state index contributed by atoms with van der Waals surface area (Å²) in [6.45, 7) is 2.18. The minimum absolute atomic E-state index is 0.0262. The average Bonchev–Trinajstić information content (AvgIpc) is 2.94. The molecule has 1 heterocycles. The number of hydrogen-bond acceptors (Lipinski definition) is 3. The molecule has 0 unspecified atom stereocenters. The van der Waals surface area contributed by atoms with Gasteiger partial charge in [-0.15, -0.1) is 0 Å². The molecule has 1 saturated heterocycles. The SMILES string of the molecule is C[C@H]1O[C@@H]1C(=O)OCc1ccccc1. The molecule has 2 rings (SSSR count). The first-order chi connectivity index (χ1) is 6.77. The van der Waals surface area contributed by atoms with E-state index in [1.54, 1.807) is 0 Å². The van der Waals surface area contributed by atoms with Crippen LogP contribution in [0, 0.1) is 0 Å². The van der Waals surface area contributed by atoms with Crippen LogP contribution in [0.4, 0.5) is 0 Å². The lowest BCUT2D eigenvalue weighted by atomic mass is 10.2. The second-order valence-corrected chi connectivity index (χ2v) is 3.36. The van der Waals surface area contributed by atoms with E-state index in [9.17, 15) is 4.79 Å². The van der Waals surface area contributed by atoms with Crippen molar-refractivity contribution in [1.82, 2.24) is 0 Å². The Hall–Kier alpha value is -1.35. The zero-order valence-corrected chi connectivity index (χ0v) is 7.97. The second-order valence-electron chi connectivity index (χ2n) is 3.36. The molecular weight excluding hydrogens is 180 g/mol. The standard InChI is InChI=1S/C11H12O3/c1-8-10(14-8)11(12)13-7-9-5-3-2-4-6-9/h2-6,8,10H,7H2,1H3/t8-,10+/m1/s1. The molecule has 1 aromatic carbocycles. The number of carbonyl (C=O) groups excluding carboxylic acids is 1. The number of benzene rings is 1. The maximum Gasteiger partial charge on any atom is 0.338 e. The molecule has 0 bridgehead atoms. The fraction of sp³-hybridized carbons (Fsp3) is 0.364. The highest BCUT2D eigenvalue weighted by Crippen LogP contribution is 2.22. The van der Waals surface area contributed by atoms with E-state index in [1.165, 1.54) is 0 Å². The van der Waals surface area contributed by atoms with E-state index in [0.717, 1.165) is 5.56 Å². The molecule has 3 nitrogen and oxygen atoms in total. The van der Waals surface area contributed by atoms with Gasteiger partial charge in [-0.05, 0) is 12.5 Å². The summed E-state index contributed by atoms with van der Waals surface area (Å²) < 4.78 is 10.1. The molecule has 0 aromatic heterocycles. The summed E-state index contributed by atoms with van der Waals surface area (Å²) in [5.74, 6) is -0.263. The normalized spacial score (nSPS) is 24.4. The highest BCUT2D eigenvalue weighted by Gasteiger charge is 2.42. The first kappa shape index (κ1) is 9.21. The Balaban J connectivity index is 1.80. The molecule has 1 aliphatic rings. The highest BCUT2D eigenvalue weighted by atomic mass is 16.6. The molecule has 1 fully saturated rings. The number of carbonyl (C=O) groups is 1. The van der Waals surface area contributed by atoms with E-state index in [2.05, 4.69) is 0 Å². The third kappa shape index (κ3) is 2.12. The van der Waals surface area contributed by atoms with E-state index in [1.807, 2.05) is 37.3 Å². The lowest BCUT2D eigenvalue weighted by Crippen LogP contribution is -2.12. The van der Waals surface area contributed by atoms with Gasteiger partial charge in [-0.2, -0.15) is 0 Å². The molecule has 1 aliphatic heterocycles. The molecule has 74 valence electrons. The predicted octanol–water partition coefficient (Wildman–Crippen LogP) is 1.52. The Morgan fingerprint density at radius 3 is 2.64 bits per heavy atom. The first-order valence-electron chi connectivity index (χ1n) is 4.63. The van der Waals surface area contributed by atoms with Crippen molar-refractivity contribution in [1.29, 1.82) is 0 Å². The van der Waals surface area contributed by atoms with Crippen molar-refractivity contribution in [3.8, 4) is 0 Å². The van der Waals surface area contributed by atoms with E-state index in [0.29, 0.717) is 6.61 Å². The van der Waals surface area contributed by atoms with Gasteiger partial charge in [0.25, 0.3) is 0 Å². The lowest BCUT2D eigenvalue weighted by molar-refractivity contribution is -0.146.